The summed E-state index contributed by atoms with van der Waals surface area (Å²) in [5, 5.41) is 5.10. The van der Waals surface area contributed by atoms with Crippen molar-refractivity contribution in [2.45, 2.75) is 62.5 Å². The molecule has 2 atom stereocenters. The van der Waals surface area contributed by atoms with Crippen molar-refractivity contribution < 1.29 is 4.74 Å². The van der Waals surface area contributed by atoms with Gasteiger partial charge in [0.05, 0.1) is 0 Å². The Kier molecular flexibility index (Phi) is 5.77. The van der Waals surface area contributed by atoms with Gasteiger partial charge in [-0.15, -0.1) is 11.8 Å². The van der Waals surface area contributed by atoms with Crippen molar-refractivity contribution in [1.82, 2.24) is 10.3 Å². The number of rotatable bonds is 6. The average Bonchev–Trinajstić information content (AvgIpc) is 2.94. The van der Waals surface area contributed by atoms with Gasteiger partial charge in [0, 0.05) is 48.2 Å². The van der Waals surface area contributed by atoms with Crippen LogP contribution in [0.3, 0.4) is 0 Å². The van der Waals surface area contributed by atoms with Crippen LogP contribution in [0.5, 0.6) is 0 Å². The van der Waals surface area contributed by atoms with Gasteiger partial charge < -0.3 is 10.1 Å². The lowest BCUT2D eigenvalue weighted by molar-refractivity contribution is 0.0781. The van der Waals surface area contributed by atoms with Crippen molar-refractivity contribution in [1.29, 1.82) is 0 Å². The molecule has 1 aliphatic heterocycles. The van der Waals surface area contributed by atoms with E-state index in [1.165, 1.54) is 30.4 Å². The van der Waals surface area contributed by atoms with E-state index in [0.717, 1.165) is 38.3 Å². The summed E-state index contributed by atoms with van der Waals surface area (Å²) in [6, 6.07) is 2.93. The molecule has 122 valence electrons. The first-order valence-corrected chi connectivity index (χ1v) is 9.62. The molecule has 0 amide bonds. The first-order chi connectivity index (χ1) is 10.8. The zero-order valence-corrected chi connectivity index (χ0v) is 14.6. The number of aromatic nitrogens is 1. The van der Waals surface area contributed by atoms with E-state index in [-0.39, 0.29) is 0 Å². The molecule has 2 aliphatic rings. The molecule has 2 heterocycles. The van der Waals surface area contributed by atoms with E-state index >= 15 is 0 Å². The molecule has 1 N–H and O–H groups in total. The highest BCUT2D eigenvalue weighted by molar-refractivity contribution is 8.00. The van der Waals surface area contributed by atoms with Crippen molar-refractivity contribution >= 4 is 11.8 Å². The van der Waals surface area contributed by atoms with Gasteiger partial charge >= 0.3 is 0 Å². The van der Waals surface area contributed by atoms with Gasteiger partial charge in [0.2, 0.25) is 0 Å². The lowest BCUT2D eigenvalue weighted by Gasteiger charge is -2.26. The predicted octanol–water partition coefficient (Wildman–Crippen LogP) is 3.66. The Morgan fingerprint density at radius 1 is 1.36 bits per heavy atom. The van der Waals surface area contributed by atoms with Crippen molar-refractivity contribution in [2.24, 2.45) is 0 Å². The third kappa shape index (κ3) is 4.03. The maximum Gasteiger partial charge on any atom is 0.0480 e. The Bertz CT molecular complexity index is 488. The van der Waals surface area contributed by atoms with E-state index in [0.29, 0.717) is 16.5 Å². The molecular weight excluding hydrogens is 292 g/mol. The van der Waals surface area contributed by atoms with Crippen LogP contribution < -0.4 is 5.32 Å². The first-order valence-electron chi connectivity index (χ1n) is 8.68. The van der Waals surface area contributed by atoms with Crippen LogP contribution in [0.4, 0.5) is 0 Å². The lowest BCUT2D eigenvalue weighted by atomic mass is 10.1. The van der Waals surface area contributed by atoms with Gasteiger partial charge in [-0.2, -0.15) is 0 Å². The number of thioether (sulfide) groups is 1. The molecule has 1 aromatic rings. The van der Waals surface area contributed by atoms with E-state index in [1.807, 2.05) is 0 Å². The van der Waals surface area contributed by atoms with E-state index in [9.17, 15) is 0 Å². The van der Waals surface area contributed by atoms with E-state index in [4.69, 9.17) is 4.74 Å². The van der Waals surface area contributed by atoms with Gasteiger partial charge in [-0.25, -0.2) is 0 Å². The summed E-state index contributed by atoms with van der Waals surface area (Å²) in [5.74, 6) is 0. The number of nitrogens with one attached hydrogen (secondary N) is 1. The maximum absolute atomic E-state index is 5.44. The summed E-state index contributed by atoms with van der Waals surface area (Å²) in [4.78, 5) is 4.51. The number of aryl methyl sites for hydroxylation is 2. The second-order valence-corrected chi connectivity index (χ2v) is 8.02. The first kappa shape index (κ1) is 16.3. The third-order valence-corrected chi connectivity index (χ3v) is 6.55. The Balaban J connectivity index is 1.53. The highest BCUT2D eigenvalue weighted by Crippen LogP contribution is 2.43. The lowest BCUT2D eigenvalue weighted by Crippen LogP contribution is -2.38. The van der Waals surface area contributed by atoms with E-state index in [2.05, 4.69) is 48.2 Å². The Hall–Kier alpha value is -0.580. The van der Waals surface area contributed by atoms with Gasteiger partial charge in [-0.1, -0.05) is 6.92 Å². The number of ether oxygens (including phenoxy) is 1. The number of nitrogens with zero attached hydrogens (tertiary/aromatic N) is 1. The van der Waals surface area contributed by atoms with E-state index in [1.54, 1.807) is 0 Å². The largest absolute Gasteiger partial charge is 0.381 e. The quantitative estimate of drug-likeness (QED) is 0.867. The number of fused-ring (bicyclic) bond motifs is 1. The zero-order chi connectivity index (χ0) is 15.4. The SMILES string of the molecule is CCC(CNC1CCOCC1)SC1CCc2cc(C)ncc21. The van der Waals surface area contributed by atoms with Crippen LogP contribution in [0.15, 0.2) is 12.3 Å². The summed E-state index contributed by atoms with van der Waals surface area (Å²) in [6.45, 7) is 7.36. The Morgan fingerprint density at radius 3 is 2.95 bits per heavy atom. The molecule has 1 aromatic heterocycles. The van der Waals surface area contributed by atoms with Crippen LogP contribution in [0.1, 0.15) is 54.7 Å². The van der Waals surface area contributed by atoms with Gasteiger partial charge in [0.25, 0.3) is 0 Å². The molecule has 2 unspecified atom stereocenters. The molecule has 0 saturated carbocycles. The molecule has 0 aromatic carbocycles. The van der Waals surface area contributed by atoms with Crippen molar-refractivity contribution in [3.8, 4) is 0 Å². The minimum atomic E-state index is 0.643. The van der Waals surface area contributed by atoms with Crippen molar-refractivity contribution in [3.05, 3.63) is 29.1 Å². The van der Waals surface area contributed by atoms with Crippen LogP contribution >= 0.6 is 11.8 Å². The molecule has 0 bridgehead atoms. The van der Waals surface area contributed by atoms with Crippen LogP contribution in [0.25, 0.3) is 0 Å². The fourth-order valence-corrected chi connectivity index (χ4v) is 4.90. The highest BCUT2D eigenvalue weighted by atomic mass is 32.2. The van der Waals surface area contributed by atoms with Crippen LogP contribution in [-0.2, 0) is 11.2 Å². The Labute approximate surface area is 138 Å². The molecule has 22 heavy (non-hydrogen) atoms. The number of hydrogen-bond acceptors (Lipinski definition) is 4. The highest BCUT2D eigenvalue weighted by Gasteiger charge is 2.26. The summed E-state index contributed by atoms with van der Waals surface area (Å²) < 4.78 is 5.44. The van der Waals surface area contributed by atoms with Gasteiger partial charge in [0.1, 0.15) is 0 Å². The van der Waals surface area contributed by atoms with Crippen LogP contribution in [0, 0.1) is 6.92 Å². The molecule has 1 aliphatic carbocycles. The summed E-state index contributed by atoms with van der Waals surface area (Å²) in [5.41, 5.74) is 4.16. The molecule has 1 fully saturated rings. The van der Waals surface area contributed by atoms with Gasteiger partial charge in [-0.3, -0.25) is 4.98 Å². The molecule has 3 rings (SSSR count). The predicted molar refractivity (Wildman–Crippen MR) is 93.5 cm³/mol. The standard InChI is InChI=1S/C18H28N2OS/c1-3-16(11-20-15-6-8-21-9-7-15)22-18-5-4-14-10-13(2)19-12-17(14)18/h10,12,15-16,18,20H,3-9,11H2,1-2H3. The summed E-state index contributed by atoms with van der Waals surface area (Å²) in [7, 11) is 0. The third-order valence-electron chi connectivity index (χ3n) is 4.85. The monoisotopic (exact) mass is 320 g/mol. The van der Waals surface area contributed by atoms with Crippen LogP contribution in [0.2, 0.25) is 0 Å². The van der Waals surface area contributed by atoms with Crippen LogP contribution in [-0.4, -0.2) is 36.0 Å². The summed E-state index contributed by atoms with van der Waals surface area (Å²) in [6.07, 6.45) is 8.17. The topological polar surface area (TPSA) is 34.1 Å². The smallest absolute Gasteiger partial charge is 0.0480 e. The molecule has 4 heteroatoms. The molecule has 0 radical (unpaired) electrons. The Morgan fingerprint density at radius 2 is 2.18 bits per heavy atom. The second-order valence-electron chi connectivity index (χ2n) is 6.51. The van der Waals surface area contributed by atoms with Gasteiger partial charge in [-0.05, 0) is 56.2 Å². The van der Waals surface area contributed by atoms with E-state index < -0.39 is 0 Å². The normalized spacial score (nSPS) is 23.5. The maximum atomic E-state index is 5.44. The number of hydrogen-bond donors (Lipinski definition) is 1. The molecular formula is C18H28N2OS. The molecule has 1 saturated heterocycles. The van der Waals surface area contributed by atoms with Crippen molar-refractivity contribution in [2.75, 3.05) is 19.8 Å². The van der Waals surface area contributed by atoms with Gasteiger partial charge in [0.15, 0.2) is 0 Å². The minimum absolute atomic E-state index is 0.643. The zero-order valence-electron chi connectivity index (χ0n) is 13.8. The summed E-state index contributed by atoms with van der Waals surface area (Å²) >= 11 is 2.16. The number of pyridine rings is 1. The molecule has 0 spiro atoms. The fraction of sp³-hybridized carbons (Fsp3) is 0.722. The van der Waals surface area contributed by atoms with Crippen molar-refractivity contribution in [3.63, 3.8) is 0 Å². The fourth-order valence-electron chi connectivity index (χ4n) is 3.44. The second kappa shape index (κ2) is 7.80. The average molecular weight is 321 g/mol. The molecule has 3 nitrogen and oxygen atoms in total. The minimum Gasteiger partial charge on any atom is -0.381 e.